The molecule has 0 aliphatic rings. The molecule has 1 atom stereocenters. The molecule has 0 bridgehead atoms. The molecule has 2 aromatic rings. The van der Waals surface area contributed by atoms with Gasteiger partial charge in [0.15, 0.2) is 11.6 Å². The molecule has 5 heteroatoms. The molecule has 2 rings (SSSR count). The fourth-order valence-electron chi connectivity index (χ4n) is 2.11. The zero-order valence-electron chi connectivity index (χ0n) is 10.5. The van der Waals surface area contributed by atoms with Crippen LogP contribution in [-0.2, 0) is 7.05 Å². The third kappa shape index (κ3) is 2.13. The lowest BCUT2D eigenvalue weighted by atomic mass is 10.0. The van der Waals surface area contributed by atoms with Gasteiger partial charge in [0.25, 0.3) is 0 Å². The zero-order valence-corrected chi connectivity index (χ0v) is 10.5. The van der Waals surface area contributed by atoms with E-state index in [1.54, 1.807) is 24.8 Å². The van der Waals surface area contributed by atoms with Gasteiger partial charge in [-0.2, -0.15) is 5.10 Å². The molecular formula is C13H15F2N3. The van der Waals surface area contributed by atoms with Crippen LogP contribution in [0.4, 0.5) is 8.78 Å². The second kappa shape index (κ2) is 4.86. The Bertz CT molecular complexity index is 563. The van der Waals surface area contributed by atoms with Crippen LogP contribution in [-0.4, -0.2) is 16.8 Å². The molecule has 1 heterocycles. The van der Waals surface area contributed by atoms with Crippen molar-refractivity contribution in [3.8, 4) is 0 Å². The molecule has 0 radical (unpaired) electrons. The number of aromatic nitrogens is 2. The molecule has 0 fully saturated rings. The van der Waals surface area contributed by atoms with Gasteiger partial charge >= 0.3 is 0 Å². The Morgan fingerprint density at radius 1 is 1.33 bits per heavy atom. The van der Waals surface area contributed by atoms with Gasteiger partial charge in [-0.05, 0) is 26.1 Å². The fraction of sp³-hybridized carbons (Fsp3) is 0.308. The van der Waals surface area contributed by atoms with Crippen molar-refractivity contribution in [2.45, 2.75) is 13.0 Å². The van der Waals surface area contributed by atoms with Crippen molar-refractivity contribution in [3.05, 3.63) is 52.9 Å². The van der Waals surface area contributed by atoms with Crippen molar-refractivity contribution in [3.63, 3.8) is 0 Å². The number of nitrogens with zero attached hydrogens (tertiary/aromatic N) is 2. The third-order valence-electron chi connectivity index (χ3n) is 2.92. The van der Waals surface area contributed by atoms with Crippen molar-refractivity contribution in [2.75, 3.05) is 7.05 Å². The van der Waals surface area contributed by atoms with Crippen LogP contribution in [0.25, 0.3) is 0 Å². The van der Waals surface area contributed by atoms with Gasteiger partial charge in [0.1, 0.15) is 0 Å². The predicted octanol–water partition coefficient (Wildman–Crippen LogP) is 2.32. The Morgan fingerprint density at radius 3 is 2.61 bits per heavy atom. The van der Waals surface area contributed by atoms with Crippen molar-refractivity contribution in [1.82, 2.24) is 15.1 Å². The third-order valence-corrected chi connectivity index (χ3v) is 2.92. The number of hydrogen-bond donors (Lipinski definition) is 1. The molecule has 3 nitrogen and oxygen atoms in total. The van der Waals surface area contributed by atoms with Crippen LogP contribution in [0.5, 0.6) is 0 Å². The number of nitrogens with one attached hydrogen (secondary N) is 1. The fourth-order valence-corrected chi connectivity index (χ4v) is 2.11. The zero-order chi connectivity index (χ0) is 13.3. The average molecular weight is 251 g/mol. The summed E-state index contributed by atoms with van der Waals surface area (Å²) in [7, 11) is 3.49. The van der Waals surface area contributed by atoms with Gasteiger partial charge in [-0.25, -0.2) is 8.78 Å². The van der Waals surface area contributed by atoms with E-state index in [9.17, 15) is 8.78 Å². The molecule has 0 amide bonds. The Kier molecular flexibility index (Phi) is 3.43. The lowest BCUT2D eigenvalue weighted by Gasteiger charge is -2.17. The molecule has 0 aliphatic heterocycles. The van der Waals surface area contributed by atoms with E-state index in [4.69, 9.17) is 0 Å². The highest BCUT2D eigenvalue weighted by molar-refractivity contribution is 5.30. The summed E-state index contributed by atoms with van der Waals surface area (Å²) in [5, 5.41) is 7.21. The smallest absolute Gasteiger partial charge is 0.163 e. The van der Waals surface area contributed by atoms with E-state index in [0.717, 1.165) is 17.5 Å². The Labute approximate surface area is 104 Å². The Morgan fingerprint density at radius 2 is 2.06 bits per heavy atom. The van der Waals surface area contributed by atoms with Crippen LogP contribution in [0.15, 0.2) is 24.3 Å². The van der Waals surface area contributed by atoms with Gasteiger partial charge in [-0.1, -0.05) is 12.1 Å². The van der Waals surface area contributed by atoms with E-state index in [1.165, 1.54) is 6.07 Å². The monoisotopic (exact) mass is 251 g/mol. The highest BCUT2D eigenvalue weighted by atomic mass is 19.2. The van der Waals surface area contributed by atoms with Gasteiger partial charge in [0.2, 0.25) is 0 Å². The molecule has 0 aliphatic carbocycles. The summed E-state index contributed by atoms with van der Waals surface area (Å²) in [6.07, 6.45) is 0. The minimum absolute atomic E-state index is 0.278. The maximum Gasteiger partial charge on any atom is 0.163 e. The summed E-state index contributed by atoms with van der Waals surface area (Å²) in [6.45, 7) is 1.86. The summed E-state index contributed by atoms with van der Waals surface area (Å²) in [5.41, 5.74) is 1.91. The van der Waals surface area contributed by atoms with Gasteiger partial charge in [-0.15, -0.1) is 0 Å². The predicted molar refractivity (Wildman–Crippen MR) is 65.2 cm³/mol. The van der Waals surface area contributed by atoms with Crippen molar-refractivity contribution >= 4 is 0 Å². The van der Waals surface area contributed by atoms with Gasteiger partial charge in [0, 0.05) is 12.6 Å². The SMILES string of the molecule is CNC(c1cccc(F)c1F)c1cc(C)nn1C. The lowest BCUT2D eigenvalue weighted by molar-refractivity contribution is 0.481. The van der Waals surface area contributed by atoms with Gasteiger partial charge in [0.05, 0.1) is 17.4 Å². The normalized spacial score (nSPS) is 12.7. The molecular weight excluding hydrogens is 236 g/mol. The number of hydrogen-bond acceptors (Lipinski definition) is 2. The topological polar surface area (TPSA) is 29.9 Å². The Hall–Kier alpha value is -1.75. The van der Waals surface area contributed by atoms with Crippen LogP contribution in [0, 0.1) is 18.6 Å². The van der Waals surface area contributed by atoms with E-state index in [1.807, 2.05) is 13.0 Å². The van der Waals surface area contributed by atoms with Crippen LogP contribution in [0.1, 0.15) is 23.0 Å². The highest BCUT2D eigenvalue weighted by Crippen LogP contribution is 2.25. The molecule has 0 saturated heterocycles. The lowest BCUT2D eigenvalue weighted by Crippen LogP contribution is -2.22. The van der Waals surface area contributed by atoms with Crippen LogP contribution in [0.3, 0.4) is 0 Å². The first kappa shape index (κ1) is 12.7. The number of halogens is 2. The first-order chi connectivity index (χ1) is 8.54. The van der Waals surface area contributed by atoms with Crippen molar-refractivity contribution in [2.24, 2.45) is 7.05 Å². The summed E-state index contributed by atoms with van der Waals surface area (Å²) in [4.78, 5) is 0. The number of aryl methyl sites for hydroxylation is 2. The Balaban J connectivity index is 2.52. The van der Waals surface area contributed by atoms with E-state index in [-0.39, 0.29) is 5.56 Å². The molecule has 1 N–H and O–H groups in total. The highest BCUT2D eigenvalue weighted by Gasteiger charge is 2.21. The molecule has 0 saturated carbocycles. The molecule has 18 heavy (non-hydrogen) atoms. The number of rotatable bonds is 3. The molecule has 1 aromatic heterocycles. The first-order valence-electron chi connectivity index (χ1n) is 5.66. The maximum absolute atomic E-state index is 13.8. The summed E-state index contributed by atoms with van der Waals surface area (Å²) < 4.78 is 28.8. The van der Waals surface area contributed by atoms with Crippen LogP contribution >= 0.6 is 0 Å². The van der Waals surface area contributed by atoms with Crippen LogP contribution < -0.4 is 5.32 Å². The summed E-state index contributed by atoms with van der Waals surface area (Å²) >= 11 is 0. The second-order valence-electron chi connectivity index (χ2n) is 4.20. The van der Waals surface area contributed by atoms with Gasteiger partial charge in [-0.3, -0.25) is 4.68 Å². The molecule has 1 aromatic carbocycles. The summed E-state index contributed by atoms with van der Waals surface area (Å²) in [5.74, 6) is -1.66. The minimum atomic E-state index is -0.841. The first-order valence-corrected chi connectivity index (χ1v) is 5.66. The largest absolute Gasteiger partial charge is 0.308 e. The van der Waals surface area contributed by atoms with E-state index in [0.29, 0.717) is 0 Å². The standard InChI is InChI=1S/C13H15F2N3/c1-8-7-11(18(3)17-8)13(16-2)9-5-4-6-10(14)12(9)15/h4-7,13,16H,1-3H3. The van der Waals surface area contributed by atoms with Crippen LogP contribution in [0.2, 0.25) is 0 Å². The van der Waals surface area contributed by atoms with E-state index >= 15 is 0 Å². The summed E-state index contributed by atoms with van der Waals surface area (Å²) in [6, 6.07) is 5.61. The van der Waals surface area contributed by atoms with Crippen molar-refractivity contribution < 1.29 is 8.78 Å². The second-order valence-corrected chi connectivity index (χ2v) is 4.20. The molecule has 96 valence electrons. The van der Waals surface area contributed by atoms with E-state index < -0.39 is 17.7 Å². The average Bonchev–Trinajstić information content (AvgIpc) is 2.65. The molecule has 1 unspecified atom stereocenters. The van der Waals surface area contributed by atoms with Gasteiger partial charge < -0.3 is 5.32 Å². The quantitative estimate of drug-likeness (QED) is 0.907. The molecule has 0 spiro atoms. The minimum Gasteiger partial charge on any atom is -0.308 e. The maximum atomic E-state index is 13.8. The van der Waals surface area contributed by atoms with E-state index in [2.05, 4.69) is 10.4 Å². The van der Waals surface area contributed by atoms with Crippen molar-refractivity contribution in [1.29, 1.82) is 0 Å². The number of benzene rings is 1.